The number of rotatable bonds is 5. The Kier molecular flexibility index (Phi) is 4.68. The monoisotopic (exact) mass is 356 g/mol. The molecular weight excluding hydrogens is 332 g/mol. The molecule has 0 spiro atoms. The van der Waals surface area contributed by atoms with Gasteiger partial charge >= 0.3 is 0 Å². The fourth-order valence-electron chi connectivity index (χ4n) is 3.57. The van der Waals surface area contributed by atoms with Gasteiger partial charge in [0.15, 0.2) is 0 Å². The minimum atomic E-state index is -0.0648. The highest BCUT2D eigenvalue weighted by molar-refractivity contribution is 5.89. The fourth-order valence-corrected chi connectivity index (χ4v) is 3.57. The standard InChI is InChI=1S/C24H24N2O/c1-17-18(2)26(16-20-10-6-4-7-11-20)23-22(17)14-15-25-24(23)27-19(3)21-12-8-5-9-13-21/h4-15,19H,16H2,1-3H3. The molecule has 1 atom stereocenters. The van der Waals surface area contributed by atoms with E-state index in [1.807, 2.05) is 30.5 Å². The lowest BCUT2D eigenvalue weighted by molar-refractivity contribution is 0.220. The summed E-state index contributed by atoms with van der Waals surface area (Å²) in [7, 11) is 0. The highest BCUT2D eigenvalue weighted by Gasteiger charge is 2.18. The number of hydrogen-bond acceptors (Lipinski definition) is 2. The number of benzene rings is 2. The van der Waals surface area contributed by atoms with Gasteiger partial charge in [0.1, 0.15) is 11.6 Å². The Hall–Kier alpha value is -3.07. The Morgan fingerprint density at radius 1 is 0.926 bits per heavy atom. The molecule has 0 radical (unpaired) electrons. The molecule has 136 valence electrons. The molecule has 0 N–H and O–H groups in total. The number of ether oxygens (including phenoxy) is 1. The third-order valence-electron chi connectivity index (χ3n) is 5.25. The van der Waals surface area contributed by atoms with E-state index >= 15 is 0 Å². The molecule has 1 unspecified atom stereocenters. The smallest absolute Gasteiger partial charge is 0.239 e. The van der Waals surface area contributed by atoms with Gasteiger partial charge in [0, 0.05) is 23.8 Å². The fraction of sp³-hybridized carbons (Fsp3) is 0.208. The second-order valence-electron chi connectivity index (χ2n) is 6.97. The van der Waals surface area contributed by atoms with Gasteiger partial charge in [-0.05, 0) is 43.5 Å². The summed E-state index contributed by atoms with van der Waals surface area (Å²) in [5, 5.41) is 1.20. The summed E-state index contributed by atoms with van der Waals surface area (Å²) in [4.78, 5) is 4.59. The van der Waals surface area contributed by atoms with Crippen molar-refractivity contribution in [1.29, 1.82) is 0 Å². The zero-order valence-electron chi connectivity index (χ0n) is 16.0. The Bertz CT molecular complexity index is 1050. The van der Waals surface area contributed by atoms with Crippen LogP contribution in [0.5, 0.6) is 5.88 Å². The van der Waals surface area contributed by atoms with Crippen molar-refractivity contribution in [3.63, 3.8) is 0 Å². The van der Waals surface area contributed by atoms with E-state index in [-0.39, 0.29) is 6.10 Å². The topological polar surface area (TPSA) is 27.1 Å². The summed E-state index contributed by atoms with van der Waals surface area (Å²) in [6.07, 6.45) is 1.78. The summed E-state index contributed by atoms with van der Waals surface area (Å²) in [6.45, 7) is 7.21. The molecule has 0 aliphatic carbocycles. The zero-order chi connectivity index (χ0) is 18.8. The molecule has 2 aromatic heterocycles. The van der Waals surface area contributed by atoms with E-state index in [9.17, 15) is 0 Å². The molecule has 3 nitrogen and oxygen atoms in total. The van der Waals surface area contributed by atoms with Gasteiger partial charge in [0.25, 0.3) is 0 Å². The van der Waals surface area contributed by atoms with Crippen LogP contribution < -0.4 is 4.74 Å². The number of pyridine rings is 1. The maximum Gasteiger partial charge on any atom is 0.239 e. The molecule has 0 saturated heterocycles. The van der Waals surface area contributed by atoms with Gasteiger partial charge in [-0.2, -0.15) is 0 Å². The van der Waals surface area contributed by atoms with Crippen molar-refractivity contribution in [3.8, 4) is 5.88 Å². The lowest BCUT2D eigenvalue weighted by atomic mass is 10.1. The van der Waals surface area contributed by atoms with Gasteiger partial charge in [0.2, 0.25) is 5.88 Å². The normalized spacial score (nSPS) is 12.3. The maximum absolute atomic E-state index is 6.33. The van der Waals surface area contributed by atoms with Crippen LogP contribution in [0.2, 0.25) is 0 Å². The number of aryl methyl sites for hydroxylation is 1. The van der Waals surface area contributed by atoms with E-state index in [0.29, 0.717) is 5.88 Å². The quantitative estimate of drug-likeness (QED) is 0.449. The molecule has 0 aliphatic heterocycles. The van der Waals surface area contributed by atoms with Crippen LogP contribution in [0.15, 0.2) is 72.9 Å². The number of hydrogen-bond donors (Lipinski definition) is 0. The van der Waals surface area contributed by atoms with Gasteiger partial charge in [-0.1, -0.05) is 60.7 Å². The summed E-state index contributed by atoms with van der Waals surface area (Å²) in [5.74, 6) is 0.691. The number of nitrogens with zero attached hydrogens (tertiary/aromatic N) is 2. The van der Waals surface area contributed by atoms with Crippen molar-refractivity contribution in [2.75, 3.05) is 0 Å². The molecule has 0 aliphatic rings. The Labute approximate surface area is 160 Å². The average molecular weight is 356 g/mol. The van der Waals surface area contributed by atoms with E-state index in [1.165, 1.54) is 22.2 Å². The van der Waals surface area contributed by atoms with Crippen LogP contribution in [0.1, 0.15) is 35.4 Å². The summed E-state index contributed by atoms with van der Waals surface area (Å²) in [6, 6.07) is 22.9. The van der Waals surface area contributed by atoms with Gasteiger partial charge in [-0.15, -0.1) is 0 Å². The lowest BCUT2D eigenvalue weighted by Gasteiger charge is -2.17. The molecule has 0 fully saturated rings. The molecule has 0 saturated carbocycles. The van der Waals surface area contributed by atoms with Crippen LogP contribution in [-0.4, -0.2) is 9.55 Å². The second kappa shape index (κ2) is 7.28. The van der Waals surface area contributed by atoms with Gasteiger partial charge in [0.05, 0.1) is 0 Å². The minimum Gasteiger partial charge on any atom is -0.468 e. The Balaban J connectivity index is 1.78. The molecule has 2 heterocycles. The first-order chi connectivity index (χ1) is 13.1. The highest BCUT2D eigenvalue weighted by atomic mass is 16.5. The number of aromatic nitrogens is 2. The average Bonchev–Trinajstić information content (AvgIpc) is 2.95. The SMILES string of the molecule is Cc1c(C)n(Cc2ccccc2)c2c(OC(C)c3ccccc3)nccc12. The number of fused-ring (bicyclic) bond motifs is 1. The summed E-state index contributed by atoms with van der Waals surface area (Å²) >= 11 is 0. The molecule has 4 aromatic rings. The van der Waals surface area contributed by atoms with Gasteiger partial charge in [-0.25, -0.2) is 4.98 Å². The van der Waals surface area contributed by atoms with Crippen LogP contribution in [0.25, 0.3) is 10.9 Å². The van der Waals surface area contributed by atoms with E-state index < -0.39 is 0 Å². The molecule has 2 aromatic carbocycles. The predicted octanol–water partition coefficient (Wildman–Crippen LogP) is 5.84. The van der Waals surface area contributed by atoms with Crippen LogP contribution in [0, 0.1) is 13.8 Å². The third kappa shape index (κ3) is 3.33. The molecule has 0 amide bonds. The van der Waals surface area contributed by atoms with E-state index in [0.717, 1.165) is 17.6 Å². The first kappa shape index (κ1) is 17.3. The maximum atomic E-state index is 6.33. The molecule has 27 heavy (non-hydrogen) atoms. The van der Waals surface area contributed by atoms with Crippen molar-refractivity contribution in [1.82, 2.24) is 9.55 Å². The van der Waals surface area contributed by atoms with Crippen molar-refractivity contribution in [2.24, 2.45) is 0 Å². The van der Waals surface area contributed by atoms with Crippen LogP contribution >= 0.6 is 0 Å². The van der Waals surface area contributed by atoms with Crippen molar-refractivity contribution in [2.45, 2.75) is 33.4 Å². The third-order valence-corrected chi connectivity index (χ3v) is 5.25. The van der Waals surface area contributed by atoms with E-state index in [2.05, 4.69) is 72.8 Å². The molecule has 4 rings (SSSR count). The second-order valence-corrected chi connectivity index (χ2v) is 6.97. The molecule has 3 heteroatoms. The van der Waals surface area contributed by atoms with Crippen molar-refractivity contribution >= 4 is 10.9 Å². The van der Waals surface area contributed by atoms with Crippen LogP contribution in [0.4, 0.5) is 0 Å². The lowest BCUT2D eigenvalue weighted by Crippen LogP contribution is -2.07. The van der Waals surface area contributed by atoms with Crippen molar-refractivity contribution < 1.29 is 4.74 Å². The first-order valence-electron chi connectivity index (χ1n) is 9.35. The largest absolute Gasteiger partial charge is 0.468 e. The molecular formula is C24H24N2O. The summed E-state index contributed by atoms with van der Waals surface area (Å²) in [5.41, 5.74) is 6.01. The zero-order valence-corrected chi connectivity index (χ0v) is 16.0. The van der Waals surface area contributed by atoms with Gasteiger partial charge in [-0.3, -0.25) is 0 Å². The minimum absolute atomic E-state index is 0.0648. The van der Waals surface area contributed by atoms with E-state index in [4.69, 9.17) is 4.74 Å². The van der Waals surface area contributed by atoms with Gasteiger partial charge < -0.3 is 9.30 Å². The predicted molar refractivity (Wildman–Crippen MR) is 110 cm³/mol. The Morgan fingerprint density at radius 3 is 2.30 bits per heavy atom. The highest BCUT2D eigenvalue weighted by Crippen LogP contribution is 2.33. The molecule has 0 bridgehead atoms. The van der Waals surface area contributed by atoms with Crippen molar-refractivity contribution in [3.05, 3.63) is 95.3 Å². The Morgan fingerprint density at radius 2 is 1.59 bits per heavy atom. The van der Waals surface area contributed by atoms with Crippen LogP contribution in [-0.2, 0) is 6.54 Å². The summed E-state index contributed by atoms with van der Waals surface area (Å²) < 4.78 is 8.65. The van der Waals surface area contributed by atoms with E-state index in [1.54, 1.807) is 0 Å². The van der Waals surface area contributed by atoms with Crippen LogP contribution in [0.3, 0.4) is 0 Å². The first-order valence-corrected chi connectivity index (χ1v) is 9.35.